The highest BCUT2D eigenvalue weighted by atomic mass is 35.5. The molecule has 98 valence electrons. The van der Waals surface area contributed by atoms with Crippen molar-refractivity contribution in [3.63, 3.8) is 0 Å². The van der Waals surface area contributed by atoms with Crippen LogP contribution in [0.5, 0.6) is 5.75 Å². The van der Waals surface area contributed by atoms with E-state index in [1.807, 2.05) is 6.08 Å². The Morgan fingerprint density at radius 2 is 1.89 bits per heavy atom. The van der Waals surface area contributed by atoms with Crippen LogP contribution in [-0.4, -0.2) is 18.8 Å². The summed E-state index contributed by atoms with van der Waals surface area (Å²) in [5.74, 6) is 0.406. The van der Waals surface area contributed by atoms with E-state index in [9.17, 15) is 0 Å². The minimum absolute atomic E-state index is 0.0623. The number of ether oxygens (including phenoxy) is 2. The molecule has 0 radical (unpaired) electrons. The molecule has 18 heavy (non-hydrogen) atoms. The van der Waals surface area contributed by atoms with Crippen LogP contribution in [0.3, 0.4) is 0 Å². The molecule has 0 spiro atoms. The molecule has 2 nitrogen and oxygen atoms in total. The van der Waals surface area contributed by atoms with E-state index in [0.29, 0.717) is 17.4 Å². The van der Waals surface area contributed by atoms with Crippen LogP contribution in [0.2, 0.25) is 20.1 Å². The monoisotopic (exact) mass is 326 g/mol. The minimum atomic E-state index is 0.0623. The standard InChI is InChI=1S/C12H10Cl4O2/c1-2-3-7-9(18-7)5-17-8-4-6(13)10(14)12(16)11(8)15/h2,4,7,9H,1,3,5H2. The summed E-state index contributed by atoms with van der Waals surface area (Å²) in [6, 6.07) is 1.54. The lowest BCUT2D eigenvalue weighted by atomic mass is 10.2. The maximum atomic E-state index is 6.01. The van der Waals surface area contributed by atoms with Crippen molar-refractivity contribution in [1.82, 2.24) is 0 Å². The molecule has 0 saturated carbocycles. The SMILES string of the molecule is C=CCC1OC1COc1cc(Cl)c(Cl)c(Cl)c1Cl. The Labute approximate surface area is 125 Å². The van der Waals surface area contributed by atoms with Gasteiger partial charge in [-0.3, -0.25) is 0 Å². The Kier molecular flexibility index (Phi) is 4.68. The normalized spacial score (nSPS) is 21.8. The van der Waals surface area contributed by atoms with E-state index in [2.05, 4.69) is 6.58 Å². The summed E-state index contributed by atoms with van der Waals surface area (Å²) in [6.45, 7) is 4.04. The first-order valence-electron chi connectivity index (χ1n) is 5.26. The number of halogens is 4. The van der Waals surface area contributed by atoms with Crippen LogP contribution in [0, 0.1) is 0 Å². The summed E-state index contributed by atoms with van der Waals surface area (Å²) in [4.78, 5) is 0. The highest BCUT2D eigenvalue weighted by Crippen LogP contribution is 2.42. The van der Waals surface area contributed by atoms with E-state index >= 15 is 0 Å². The summed E-state index contributed by atoms with van der Waals surface area (Å²) in [7, 11) is 0. The molecule has 1 aromatic carbocycles. The second kappa shape index (κ2) is 5.89. The maximum absolute atomic E-state index is 6.01. The predicted octanol–water partition coefficient (Wildman–Crippen LogP) is 5.02. The smallest absolute Gasteiger partial charge is 0.141 e. The zero-order valence-electron chi connectivity index (χ0n) is 9.26. The topological polar surface area (TPSA) is 21.8 Å². The fourth-order valence-electron chi connectivity index (χ4n) is 1.53. The Morgan fingerprint density at radius 3 is 2.56 bits per heavy atom. The lowest BCUT2D eigenvalue weighted by Crippen LogP contribution is -2.07. The van der Waals surface area contributed by atoms with Crippen LogP contribution in [0.4, 0.5) is 0 Å². The molecule has 0 bridgehead atoms. The van der Waals surface area contributed by atoms with E-state index < -0.39 is 0 Å². The van der Waals surface area contributed by atoms with Crippen molar-refractivity contribution in [2.75, 3.05) is 6.61 Å². The van der Waals surface area contributed by atoms with Gasteiger partial charge in [0.1, 0.15) is 23.5 Å². The van der Waals surface area contributed by atoms with Crippen LogP contribution >= 0.6 is 46.4 Å². The average molecular weight is 328 g/mol. The first-order chi connectivity index (χ1) is 8.54. The number of epoxide rings is 1. The van der Waals surface area contributed by atoms with E-state index in [0.717, 1.165) is 6.42 Å². The van der Waals surface area contributed by atoms with Gasteiger partial charge in [0.2, 0.25) is 0 Å². The first-order valence-corrected chi connectivity index (χ1v) is 6.78. The van der Waals surface area contributed by atoms with Gasteiger partial charge in [-0.05, 0) is 6.42 Å². The highest BCUT2D eigenvalue weighted by molar-refractivity contribution is 6.52. The molecule has 0 aliphatic carbocycles. The quantitative estimate of drug-likeness (QED) is 0.328. The Bertz CT molecular complexity index is 476. The summed E-state index contributed by atoms with van der Waals surface area (Å²) in [5.41, 5.74) is 0. The van der Waals surface area contributed by atoms with Crippen molar-refractivity contribution < 1.29 is 9.47 Å². The van der Waals surface area contributed by atoms with Crippen molar-refractivity contribution in [2.45, 2.75) is 18.6 Å². The number of hydrogen-bond acceptors (Lipinski definition) is 2. The molecule has 2 rings (SSSR count). The van der Waals surface area contributed by atoms with Crippen molar-refractivity contribution in [3.8, 4) is 5.75 Å². The predicted molar refractivity (Wildman–Crippen MR) is 75.5 cm³/mol. The number of rotatable bonds is 5. The fourth-order valence-corrected chi connectivity index (χ4v) is 2.36. The van der Waals surface area contributed by atoms with Gasteiger partial charge in [-0.2, -0.15) is 0 Å². The Morgan fingerprint density at radius 1 is 1.17 bits per heavy atom. The van der Waals surface area contributed by atoms with Crippen molar-refractivity contribution in [1.29, 1.82) is 0 Å². The van der Waals surface area contributed by atoms with E-state index in [4.69, 9.17) is 55.9 Å². The van der Waals surface area contributed by atoms with E-state index in [1.54, 1.807) is 6.07 Å². The molecule has 1 saturated heterocycles. The highest BCUT2D eigenvalue weighted by Gasteiger charge is 2.38. The van der Waals surface area contributed by atoms with Gasteiger partial charge in [-0.15, -0.1) is 6.58 Å². The zero-order chi connectivity index (χ0) is 13.3. The molecule has 1 aliphatic heterocycles. The van der Waals surface area contributed by atoms with Gasteiger partial charge in [0.05, 0.1) is 21.2 Å². The summed E-state index contributed by atoms with van der Waals surface area (Å²) in [6.07, 6.45) is 2.87. The van der Waals surface area contributed by atoms with Gasteiger partial charge in [0.15, 0.2) is 0 Å². The van der Waals surface area contributed by atoms with E-state index in [-0.39, 0.29) is 27.3 Å². The lowest BCUT2D eigenvalue weighted by molar-refractivity contribution is 0.260. The van der Waals surface area contributed by atoms with Crippen LogP contribution < -0.4 is 4.74 Å². The van der Waals surface area contributed by atoms with Crippen molar-refractivity contribution in [2.24, 2.45) is 0 Å². The second-order valence-electron chi connectivity index (χ2n) is 3.85. The lowest BCUT2D eigenvalue weighted by Gasteiger charge is -2.10. The van der Waals surface area contributed by atoms with Gasteiger partial charge in [0.25, 0.3) is 0 Å². The van der Waals surface area contributed by atoms with Gasteiger partial charge in [-0.1, -0.05) is 52.5 Å². The minimum Gasteiger partial charge on any atom is -0.489 e. The molecular weight excluding hydrogens is 318 g/mol. The molecule has 2 unspecified atom stereocenters. The van der Waals surface area contributed by atoms with E-state index in [1.165, 1.54) is 0 Å². The molecule has 1 fully saturated rings. The zero-order valence-corrected chi connectivity index (χ0v) is 12.3. The molecule has 2 atom stereocenters. The Hall–Kier alpha value is -0.120. The van der Waals surface area contributed by atoms with Crippen LogP contribution in [-0.2, 0) is 4.74 Å². The largest absolute Gasteiger partial charge is 0.489 e. The molecule has 0 amide bonds. The van der Waals surface area contributed by atoms with Crippen LogP contribution in [0.1, 0.15) is 6.42 Å². The number of benzene rings is 1. The fraction of sp³-hybridized carbons (Fsp3) is 0.333. The van der Waals surface area contributed by atoms with Gasteiger partial charge in [0, 0.05) is 6.07 Å². The molecule has 6 heteroatoms. The summed E-state index contributed by atoms with van der Waals surface area (Å²) < 4.78 is 10.9. The van der Waals surface area contributed by atoms with Gasteiger partial charge >= 0.3 is 0 Å². The van der Waals surface area contributed by atoms with Crippen LogP contribution in [0.15, 0.2) is 18.7 Å². The second-order valence-corrected chi connectivity index (χ2v) is 5.39. The van der Waals surface area contributed by atoms with Crippen LogP contribution in [0.25, 0.3) is 0 Å². The third-order valence-electron chi connectivity index (χ3n) is 2.56. The summed E-state index contributed by atoms with van der Waals surface area (Å²) in [5, 5.41) is 0.982. The maximum Gasteiger partial charge on any atom is 0.141 e. The molecule has 0 aromatic heterocycles. The average Bonchev–Trinajstić information content (AvgIpc) is 3.08. The molecule has 1 heterocycles. The van der Waals surface area contributed by atoms with Crippen molar-refractivity contribution in [3.05, 3.63) is 38.8 Å². The Balaban J connectivity index is 2.00. The third kappa shape index (κ3) is 3.06. The van der Waals surface area contributed by atoms with Crippen molar-refractivity contribution >= 4 is 46.4 Å². The first kappa shape index (κ1) is 14.3. The molecule has 1 aromatic rings. The third-order valence-corrected chi connectivity index (χ3v) is 4.29. The summed E-state index contributed by atoms with van der Waals surface area (Å²) >= 11 is 23.7. The molecular formula is C12H10Cl4O2. The molecule has 1 aliphatic rings. The number of hydrogen-bond donors (Lipinski definition) is 0. The van der Waals surface area contributed by atoms with Gasteiger partial charge in [-0.25, -0.2) is 0 Å². The molecule has 0 N–H and O–H groups in total. The van der Waals surface area contributed by atoms with Gasteiger partial charge < -0.3 is 9.47 Å².